The highest BCUT2D eigenvalue weighted by Gasteiger charge is 2.18. The zero-order chi connectivity index (χ0) is 27.4. The van der Waals surface area contributed by atoms with Crippen LogP contribution in [0.15, 0.2) is 60.7 Å². The van der Waals surface area contributed by atoms with Gasteiger partial charge in [0, 0.05) is 0 Å². The number of phenols is 6. The molecule has 0 aromatic heterocycles. The Morgan fingerprint density at radius 2 is 0.842 bits per heavy atom. The lowest BCUT2D eigenvalue weighted by Crippen LogP contribution is -2.01. The maximum Gasteiger partial charge on any atom is 0.161 e. The van der Waals surface area contributed by atoms with Gasteiger partial charge < -0.3 is 40.1 Å². The number of aromatic hydroxyl groups is 6. The van der Waals surface area contributed by atoms with Gasteiger partial charge in [-0.05, 0) is 108 Å². The van der Waals surface area contributed by atoms with E-state index in [-0.39, 0.29) is 46.0 Å². The van der Waals surface area contributed by atoms with Gasteiger partial charge in [0.2, 0.25) is 0 Å². The summed E-state index contributed by atoms with van der Waals surface area (Å²) in [5.41, 5.74) is 4.74. The first kappa shape index (κ1) is 26.3. The number of hydrogen-bond donors (Lipinski definition) is 6. The van der Waals surface area contributed by atoms with Crippen LogP contribution in [-0.4, -0.2) is 44.9 Å². The Balaban J connectivity index is 1.76. The lowest BCUT2D eigenvalue weighted by Gasteiger charge is -2.18. The molecule has 0 spiro atoms. The maximum absolute atomic E-state index is 10.5. The molecule has 38 heavy (non-hydrogen) atoms. The van der Waals surface area contributed by atoms with Crippen LogP contribution in [0.5, 0.6) is 46.0 Å². The molecule has 0 atom stereocenters. The van der Waals surface area contributed by atoms with Crippen LogP contribution in [0.4, 0.5) is 0 Å². The van der Waals surface area contributed by atoms with Gasteiger partial charge in [0.15, 0.2) is 46.0 Å². The average Bonchev–Trinajstić information content (AvgIpc) is 2.90. The van der Waals surface area contributed by atoms with Crippen molar-refractivity contribution in [3.8, 4) is 57.1 Å². The topological polar surface area (TPSA) is 140 Å². The van der Waals surface area contributed by atoms with E-state index in [0.29, 0.717) is 25.7 Å². The first-order valence-corrected chi connectivity index (χ1v) is 12.0. The Bertz CT molecular complexity index is 1350. The molecule has 4 aromatic carbocycles. The molecule has 0 unspecified atom stereocenters. The maximum atomic E-state index is 10.5. The molecule has 8 nitrogen and oxygen atoms in total. The van der Waals surface area contributed by atoms with Gasteiger partial charge in [-0.3, -0.25) is 0 Å². The number of ether oxygens (including phenoxy) is 2. The summed E-state index contributed by atoms with van der Waals surface area (Å²) in [6.07, 6.45) is 2.02. The molecule has 0 fully saturated rings. The van der Waals surface area contributed by atoms with Crippen LogP contribution >= 0.6 is 0 Å². The van der Waals surface area contributed by atoms with E-state index < -0.39 is 0 Å². The molecule has 0 saturated heterocycles. The predicted molar refractivity (Wildman–Crippen MR) is 143 cm³/mol. The van der Waals surface area contributed by atoms with Gasteiger partial charge in [-0.25, -0.2) is 0 Å². The molecule has 8 heteroatoms. The summed E-state index contributed by atoms with van der Waals surface area (Å²) in [6, 6.07) is 16.1. The van der Waals surface area contributed by atoms with E-state index in [4.69, 9.17) is 9.47 Å². The van der Waals surface area contributed by atoms with Crippen LogP contribution < -0.4 is 9.47 Å². The van der Waals surface area contributed by atoms with Crippen molar-refractivity contribution in [3.05, 3.63) is 82.9 Å². The molecule has 198 valence electrons. The second kappa shape index (κ2) is 11.1. The van der Waals surface area contributed by atoms with Crippen molar-refractivity contribution in [2.24, 2.45) is 0 Å². The lowest BCUT2D eigenvalue weighted by atomic mass is 9.89. The molecule has 0 aliphatic heterocycles. The SMILES string of the molecule is COc1cc(-c2cc(OC)c(O)cc2CCc2ccc(O)c(O)c2)c(CCc2ccc(O)c(O)c2)cc1O. The summed E-state index contributed by atoms with van der Waals surface area (Å²) in [7, 11) is 2.93. The molecule has 4 aromatic rings. The average molecular weight is 519 g/mol. The highest BCUT2D eigenvalue weighted by molar-refractivity contribution is 5.76. The van der Waals surface area contributed by atoms with E-state index in [2.05, 4.69) is 0 Å². The zero-order valence-corrected chi connectivity index (χ0v) is 21.1. The fourth-order valence-electron chi connectivity index (χ4n) is 4.47. The van der Waals surface area contributed by atoms with Crippen molar-refractivity contribution in [1.29, 1.82) is 0 Å². The number of aryl methyl sites for hydroxylation is 4. The molecule has 6 N–H and O–H groups in total. The van der Waals surface area contributed by atoms with Crippen molar-refractivity contribution in [2.45, 2.75) is 25.7 Å². The molecule has 0 aliphatic rings. The number of phenolic OH excluding ortho intramolecular Hbond substituents is 6. The Labute approximate surface area is 220 Å². The van der Waals surface area contributed by atoms with E-state index in [1.807, 2.05) is 0 Å². The van der Waals surface area contributed by atoms with Gasteiger partial charge >= 0.3 is 0 Å². The van der Waals surface area contributed by atoms with Crippen molar-refractivity contribution in [1.82, 2.24) is 0 Å². The summed E-state index contributed by atoms with van der Waals surface area (Å²) < 4.78 is 10.8. The van der Waals surface area contributed by atoms with E-state index in [1.54, 1.807) is 36.4 Å². The minimum atomic E-state index is -0.203. The minimum Gasteiger partial charge on any atom is -0.504 e. The van der Waals surface area contributed by atoms with Gasteiger partial charge in [0.1, 0.15) is 0 Å². The van der Waals surface area contributed by atoms with E-state index in [1.165, 1.54) is 38.5 Å². The highest BCUT2D eigenvalue weighted by Crippen LogP contribution is 2.41. The molecule has 0 heterocycles. The number of methoxy groups -OCH3 is 2. The van der Waals surface area contributed by atoms with Crippen molar-refractivity contribution in [2.75, 3.05) is 14.2 Å². The van der Waals surface area contributed by atoms with Gasteiger partial charge in [-0.15, -0.1) is 0 Å². The fraction of sp³-hybridized carbons (Fsp3) is 0.200. The van der Waals surface area contributed by atoms with Gasteiger partial charge in [-0.2, -0.15) is 0 Å². The van der Waals surface area contributed by atoms with Crippen molar-refractivity contribution < 1.29 is 40.1 Å². The molecule has 0 saturated carbocycles. The summed E-state index contributed by atoms with van der Waals surface area (Å²) >= 11 is 0. The largest absolute Gasteiger partial charge is 0.504 e. The normalized spacial score (nSPS) is 10.9. The third-order valence-corrected chi connectivity index (χ3v) is 6.55. The second-order valence-corrected chi connectivity index (χ2v) is 9.01. The summed E-state index contributed by atoms with van der Waals surface area (Å²) in [6.45, 7) is 0. The number of benzene rings is 4. The van der Waals surface area contributed by atoms with Gasteiger partial charge in [0.25, 0.3) is 0 Å². The molecule has 0 aliphatic carbocycles. The summed E-state index contributed by atoms with van der Waals surface area (Å²) in [5.74, 6) is -0.269. The Morgan fingerprint density at radius 1 is 0.447 bits per heavy atom. The van der Waals surface area contributed by atoms with Crippen molar-refractivity contribution in [3.63, 3.8) is 0 Å². The monoisotopic (exact) mass is 518 g/mol. The summed E-state index contributed by atoms with van der Waals surface area (Å²) in [4.78, 5) is 0. The van der Waals surface area contributed by atoms with Gasteiger partial charge in [0.05, 0.1) is 14.2 Å². The molecule has 0 radical (unpaired) electrons. The minimum absolute atomic E-state index is 0.0216. The first-order chi connectivity index (χ1) is 18.2. The van der Waals surface area contributed by atoms with Crippen LogP contribution in [0, 0.1) is 0 Å². The summed E-state index contributed by atoms with van der Waals surface area (Å²) in [5, 5.41) is 60.1. The predicted octanol–water partition coefficient (Wildman–Crippen LogP) is 5.17. The number of rotatable bonds is 9. The van der Waals surface area contributed by atoms with Crippen LogP contribution in [0.3, 0.4) is 0 Å². The Kier molecular flexibility index (Phi) is 7.71. The quantitative estimate of drug-likeness (QED) is 0.167. The van der Waals surface area contributed by atoms with Crippen LogP contribution in [0.1, 0.15) is 22.3 Å². The Hall–Kier alpha value is -4.72. The van der Waals surface area contributed by atoms with E-state index >= 15 is 0 Å². The molecule has 0 bridgehead atoms. The highest BCUT2D eigenvalue weighted by atomic mass is 16.5. The fourth-order valence-corrected chi connectivity index (χ4v) is 4.47. The molecule has 4 rings (SSSR count). The third kappa shape index (κ3) is 5.64. The van der Waals surface area contributed by atoms with Crippen LogP contribution in [0.2, 0.25) is 0 Å². The smallest absolute Gasteiger partial charge is 0.161 e. The molecular formula is C30H30O8. The Morgan fingerprint density at radius 3 is 1.18 bits per heavy atom. The van der Waals surface area contributed by atoms with E-state index in [9.17, 15) is 30.6 Å². The molecular weight excluding hydrogens is 488 g/mol. The standard InChI is InChI=1S/C30H30O8/c1-37-29-15-21(19(13-27(29)35)7-3-17-5-9-23(31)25(33)11-17)22-16-30(38-2)28(36)14-20(22)8-4-18-6-10-24(32)26(34)12-18/h5-6,9-16,31-36H,3-4,7-8H2,1-2H3. The lowest BCUT2D eigenvalue weighted by molar-refractivity contribution is 0.372. The van der Waals surface area contributed by atoms with Gasteiger partial charge in [-0.1, -0.05) is 12.1 Å². The number of hydrogen-bond acceptors (Lipinski definition) is 8. The zero-order valence-electron chi connectivity index (χ0n) is 21.1. The molecule has 0 amide bonds. The van der Waals surface area contributed by atoms with Crippen LogP contribution in [0.25, 0.3) is 11.1 Å². The second-order valence-electron chi connectivity index (χ2n) is 9.01. The van der Waals surface area contributed by atoms with Crippen molar-refractivity contribution >= 4 is 0 Å². The van der Waals surface area contributed by atoms with E-state index in [0.717, 1.165) is 33.4 Å². The van der Waals surface area contributed by atoms with Crippen LogP contribution in [-0.2, 0) is 25.7 Å². The first-order valence-electron chi connectivity index (χ1n) is 12.0. The third-order valence-electron chi connectivity index (χ3n) is 6.55.